The first-order valence-electron chi connectivity index (χ1n) is 23.1. The van der Waals surface area contributed by atoms with Crippen molar-refractivity contribution >= 4 is 75.9 Å². The van der Waals surface area contributed by atoms with Crippen LogP contribution >= 0.6 is 0 Å². The molecule has 3 heterocycles. The van der Waals surface area contributed by atoms with Crippen LogP contribution in [0.4, 0.5) is 0 Å². The number of aromatic nitrogens is 5. The van der Waals surface area contributed by atoms with Crippen molar-refractivity contribution in [3.63, 3.8) is 0 Å². The molecule has 5 nitrogen and oxygen atoms in total. The third kappa shape index (κ3) is 5.99. The Bertz CT molecular complexity index is 4310. The highest BCUT2D eigenvalue weighted by Gasteiger charge is 2.21. The van der Waals surface area contributed by atoms with E-state index in [0.717, 1.165) is 66.5 Å². The molecule has 0 amide bonds. The highest BCUT2D eigenvalue weighted by atomic mass is 15.0. The third-order valence-corrected chi connectivity index (χ3v) is 13.7. The monoisotopic (exact) mass is 865 g/mol. The molecule has 0 atom stereocenters. The van der Waals surface area contributed by atoms with Gasteiger partial charge in [-0.15, -0.1) is 0 Å². The van der Waals surface area contributed by atoms with E-state index in [0.29, 0.717) is 17.5 Å². The Morgan fingerprint density at radius 2 is 0.809 bits per heavy atom. The maximum absolute atomic E-state index is 5.42. The van der Waals surface area contributed by atoms with Crippen molar-refractivity contribution in [2.75, 3.05) is 0 Å². The molecular weight excluding hydrogens is 827 g/mol. The van der Waals surface area contributed by atoms with Crippen molar-refractivity contribution in [1.29, 1.82) is 0 Å². The number of para-hydroxylation sites is 3. The standard InChI is InChI=1S/C63H39N5/c1-3-17-41(18-4-1)61-64-62(45-31-33-52-50-25-11-13-28-56(50)67(59(52)39-45)46-22-5-2-6-23-46)66-63(65-61)53-34-35-58(54-37-44(30-32-49(53)54)48-27-15-21-40-16-9-10-24-47(40)48)68-57-29-14-12-26-51(57)55-36-42-19-7-8-20-43(42)38-60(55)68/h1-39H. The van der Waals surface area contributed by atoms with E-state index in [4.69, 9.17) is 15.0 Å². The Labute approximate surface area is 391 Å². The molecule has 0 aliphatic carbocycles. The van der Waals surface area contributed by atoms with Crippen LogP contribution in [0.3, 0.4) is 0 Å². The number of rotatable bonds is 6. The summed E-state index contributed by atoms with van der Waals surface area (Å²) in [5.41, 5.74) is 11.8. The van der Waals surface area contributed by atoms with Gasteiger partial charge in [-0.3, -0.25) is 0 Å². The van der Waals surface area contributed by atoms with Crippen molar-refractivity contribution in [3.05, 3.63) is 237 Å². The van der Waals surface area contributed by atoms with E-state index in [9.17, 15) is 0 Å². The van der Waals surface area contributed by atoms with Gasteiger partial charge in [0.15, 0.2) is 17.5 Å². The summed E-state index contributed by atoms with van der Waals surface area (Å²) in [6.45, 7) is 0. The first-order valence-corrected chi connectivity index (χ1v) is 23.1. The molecule has 5 heteroatoms. The minimum absolute atomic E-state index is 0.611. The summed E-state index contributed by atoms with van der Waals surface area (Å²) in [4.78, 5) is 16.0. The van der Waals surface area contributed by atoms with Gasteiger partial charge in [-0.25, -0.2) is 15.0 Å². The minimum Gasteiger partial charge on any atom is -0.309 e. The van der Waals surface area contributed by atoms with Crippen LogP contribution < -0.4 is 0 Å². The topological polar surface area (TPSA) is 48.5 Å². The molecule has 0 bridgehead atoms. The molecule has 0 aliphatic heterocycles. The van der Waals surface area contributed by atoms with Crippen molar-refractivity contribution in [2.45, 2.75) is 0 Å². The molecule has 68 heavy (non-hydrogen) atoms. The zero-order chi connectivity index (χ0) is 44.7. The first-order chi connectivity index (χ1) is 33.7. The van der Waals surface area contributed by atoms with Crippen LogP contribution in [0, 0.1) is 0 Å². The zero-order valence-corrected chi connectivity index (χ0v) is 36.8. The van der Waals surface area contributed by atoms with Crippen molar-refractivity contribution in [1.82, 2.24) is 24.1 Å². The quantitative estimate of drug-likeness (QED) is 0.167. The number of benzene rings is 11. The van der Waals surface area contributed by atoms with E-state index in [1.165, 1.54) is 48.7 Å². The first kappa shape index (κ1) is 38.1. The van der Waals surface area contributed by atoms with Crippen molar-refractivity contribution < 1.29 is 0 Å². The van der Waals surface area contributed by atoms with Crippen LogP contribution in [0.1, 0.15) is 0 Å². The van der Waals surface area contributed by atoms with Crippen LogP contribution in [0.5, 0.6) is 0 Å². The predicted octanol–water partition coefficient (Wildman–Crippen LogP) is 16.2. The zero-order valence-electron chi connectivity index (χ0n) is 36.8. The summed E-state index contributed by atoms with van der Waals surface area (Å²) in [5, 5.41) is 11.8. The largest absolute Gasteiger partial charge is 0.309 e. The van der Waals surface area contributed by atoms with E-state index in [-0.39, 0.29) is 0 Å². The molecule has 0 saturated carbocycles. The lowest BCUT2D eigenvalue weighted by atomic mass is 9.94. The predicted molar refractivity (Wildman–Crippen MR) is 283 cm³/mol. The summed E-state index contributed by atoms with van der Waals surface area (Å²) in [7, 11) is 0. The lowest BCUT2D eigenvalue weighted by Crippen LogP contribution is -2.02. The summed E-state index contributed by atoms with van der Waals surface area (Å²) in [6, 6.07) is 84.7. The maximum atomic E-state index is 5.42. The van der Waals surface area contributed by atoms with E-state index in [1.807, 2.05) is 18.2 Å². The van der Waals surface area contributed by atoms with E-state index in [2.05, 4.69) is 228 Å². The Hall–Kier alpha value is -9.19. The van der Waals surface area contributed by atoms with Gasteiger partial charge >= 0.3 is 0 Å². The average Bonchev–Trinajstić information content (AvgIpc) is 3.91. The molecule has 0 spiro atoms. The van der Waals surface area contributed by atoms with Gasteiger partial charge in [0.2, 0.25) is 0 Å². The fourth-order valence-electron chi connectivity index (χ4n) is 10.6. The van der Waals surface area contributed by atoms with Crippen LogP contribution in [0.25, 0.3) is 133 Å². The molecule has 0 fully saturated rings. The van der Waals surface area contributed by atoms with Gasteiger partial charge < -0.3 is 9.13 Å². The van der Waals surface area contributed by atoms with Crippen LogP contribution in [-0.4, -0.2) is 24.1 Å². The second-order valence-electron chi connectivity index (χ2n) is 17.6. The molecule has 3 aromatic heterocycles. The Morgan fingerprint density at radius 3 is 1.60 bits per heavy atom. The lowest BCUT2D eigenvalue weighted by Gasteiger charge is -2.17. The molecule has 14 rings (SSSR count). The minimum atomic E-state index is 0.611. The van der Waals surface area contributed by atoms with Crippen LogP contribution in [0.2, 0.25) is 0 Å². The van der Waals surface area contributed by atoms with Crippen molar-refractivity contribution in [3.8, 4) is 56.7 Å². The summed E-state index contributed by atoms with van der Waals surface area (Å²) >= 11 is 0. The smallest absolute Gasteiger partial charge is 0.164 e. The SMILES string of the molecule is c1ccc(-c2nc(-c3ccc4c5ccccc5n(-c5ccccc5)c4c3)nc(-c3ccc(-n4c5ccccc5c5cc6ccccc6cc54)c4cc(-c5cccc6ccccc56)ccc34)n2)cc1. The molecule has 0 aliphatic rings. The van der Waals surface area contributed by atoms with Gasteiger partial charge in [0.1, 0.15) is 0 Å². The van der Waals surface area contributed by atoms with Gasteiger partial charge in [-0.05, 0) is 98.7 Å². The normalized spacial score (nSPS) is 11.8. The van der Waals surface area contributed by atoms with Gasteiger partial charge in [-0.1, -0.05) is 176 Å². The highest BCUT2D eigenvalue weighted by molar-refractivity contribution is 6.16. The second kappa shape index (κ2) is 15.2. The Balaban J connectivity index is 1.04. The summed E-state index contributed by atoms with van der Waals surface area (Å²) in [5.74, 6) is 1.84. The molecule has 14 aromatic rings. The number of hydrogen-bond donors (Lipinski definition) is 0. The van der Waals surface area contributed by atoms with E-state index >= 15 is 0 Å². The molecule has 0 radical (unpaired) electrons. The number of fused-ring (bicyclic) bond motifs is 9. The molecular formula is C63H39N5. The number of nitrogens with zero attached hydrogens (tertiary/aromatic N) is 5. The van der Waals surface area contributed by atoms with Gasteiger partial charge in [0.25, 0.3) is 0 Å². The lowest BCUT2D eigenvalue weighted by molar-refractivity contribution is 1.08. The summed E-state index contributed by atoms with van der Waals surface area (Å²) < 4.78 is 4.79. The maximum Gasteiger partial charge on any atom is 0.164 e. The Morgan fingerprint density at radius 1 is 0.250 bits per heavy atom. The third-order valence-electron chi connectivity index (χ3n) is 13.7. The van der Waals surface area contributed by atoms with E-state index in [1.54, 1.807) is 0 Å². The Kier molecular flexibility index (Phi) is 8.52. The fourth-order valence-corrected chi connectivity index (χ4v) is 10.6. The highest BCUT2D eigenvalue weighted by Crippen LogP contribution is 2.42. The van der Waals surface area contributed by atoms with Crippen LogP contribution in [0.15, 0.2) is 237 Å². The molecule has 0 saturated heterocycles. The van der Waals surface area contributed by atoms with Gasteiger partial charge in [0, 0.05) is 49.3 Å². The van der Waals surface area contributed by atoms with Crippen LogP contribution in [-0.2, 0) is 0 Å². The van der Waals surface area contributed by atoms with E-state index < -0.39 is 0 Å². The molecule has 316 valence electrons. The fraction of sp³-hybridized carbons (Fsp3) is 0. The van der Waals surface area contributed by atoms with Gasteiger partial charge in [0.05, 0.1) is 27.8 Å². The molecule has 0 N–H and O–H groups in total. The molecule has 11 aromatic carbocycles. The van der Waals surface area contributed by atoms with Crippen molar-refractivity contribution in [2.24, 2.45) is 0 Å². The second-order valence-corrected chi connectivity index (χ2v) is 17.6. The summed E-state index contributed by atoms with van der Waals surface area (Å²) in [6.07, 6.45) is 0. The average molecular weight is 866 g/mol. The molecule has 0 unspecified atom stereocenters. The van der Waals surface area contributed by atoms with Gasteiger partial charge in [-0.2, -0.15) is 0 Å². The number of hydrogen-bond acceptors (Lipinski definition) is 3.